The first-order valence-corrected chi connectivity index (χ1v) is 7.45. The van der Waals surface area contributed by atoms with Crippen LogP contribution in [0.1, 0.15) is 39.5 Å². The number of rotatable bonds is 6. The molecule has 2 fully saturated rings. The third-order valence-electron chi connectivity index (χ3n) is 4.23. The van der Waals surface area contributed by atoms with Gasteiger partial charge in [0.25, 0.3) is 0 Å². The van der Waals surface area contributed by atoms with Crippen molar-refractivity contribution in [3.05, 3.63) is 0 Å². The van der Waals surface area contributed by atoms with Crippen LogP contribution >= 0.6 is 0 Å². The summed E-state index contributed by atoms with van der Waals surface area (Å²) in [4.78, 5) is 14.5. The van der Waals surface area contributed by atoms with Gasteiger partial charge in [-0.05, 0) is 25.7 Å². The highest BCUT2D eigenvalue weighted by Crippen LogP contribution is 2.34. The van der Waals surface area contributed by atoms with E-state index in [1.807, 2.05) is 6.92 Å². The van der Waals surface area contributed by atoms with Crippen molar-refractivity contribution in [1.29, 1.82) is 0 Å². The molecule has 2 atom stereocenters. The number of amides is 1. The Kier molecular flexibility index (Phi) is 5.01. The molecule has 1 saturated carbocycles. The molecule has 0 spiro atoms. The lowest BCUT2D eigenvalue weighted by Gasteiger charge is -2.32. The second-order valence-electron chi connectivity index (χ2n) is 5.75. The van der Waals surface area contributed by atoms with Crippen molar-refractivity contribution in [2.45, 2.75) is 51.6 Å². The minimum atomic E-state index is 0.0142. The minimum absolute atomic E-state index is 0.0142. The van der Waals surface area contributed by atoms with Gasteiger partial charge in [-0.25, -0.2) is 0 Å². The first-order chi connectivity index (χ1) is 8.70. The molecule has 0 bridgehead atoms. The van der Waals surface area contributed by atoms with E-state index in [1.54, 1.807) is 0 Å². The summed E-state index contributed by atoms with van der Waals surface area (Å²) in [5.41, 5.74) is 0. The van der Waals surface area contributed by atoms with Gasteiger partial charge in [-0.1, -0.05) is 19.8 Å². The summed E-state index contributed by atoms with van der Waals surface area (Å²) in [6.45, 7) is 8.16. The quantitative estimate of drug-likeness (QED) is 0.741. The van der Waals surface area contributed by atoms with Crippen LogP contribution in [-0.4, -0.2) is 49.1 Å². The Labute approximate surface area is 110 Å². The monoisotopic (exact) mass is 253 g/mol. The van der Waals surface area contributed by atoms with Gasteiger partial charge < -0.3 is 10.6 Å². The SMILES string of the molecule is CCC(CC1CC1)NC(=O)C(C)N1CCNCC1. The Bertz CT molecular complexity index is 272. The Morgan fingerprint density at radius 3 is 2.61 bits per heavy atom. The van der Waals surface area contributed by atoms with Crippen LogP contribution in [0, 0.1) is 5.92 Å². The molecule has 2 N–H and O–H groups in total. The number of nitrogens with zero attached hydrogens (tertiary/aromatic N) is 1. The Morgan fingerprint density at radius 1 is 1.39 bits per heavy atom. The number of carbonyl (C=O) groups is 1. The minimum Gasteiger partial charge on any atom is -0.352 e. The van der Waals surface area contributed by atoms with E-state index in [1.165, 1.54) is 19.3 Å². The van der Waals surface area contributed by atoms with Crippen LogP contribution in [0.5, 0.6) is 0 Å². The van der Waals surface area contributed by atoms with Gasteiger partial charge in [0.15, 0.2) is 0 Å². The van der Waals surface area contributed by atoms with Crippen molar-refractivity contribution < 1.29 is 4.79 Å². The van der Waals surface area contributed by atoms with Crippen LogP contribution in [0.15, 0.2) is 0 Å². The molecule has 0 radical (unpaired) electrons. The van der Waals surface area contributed by atoms with Crippen molar-refractivity contribution in [2.24, 2.45) is 5.92 Å². The maximum absolute atomic E-state index is 12.2. The number of carbonyl (C=O) groups excluding carboxylic acids is 1. The fourth-order valence-corrected chi connectivity index (χ4v) is 2.64. The van der Waals surface area contributed by atoms with E-state index in [2.05, 4.69) is 22.5 Å². The topological polar surface area (TPSA) is 44.4 Å². The second-order valence-corrected chi connectivity index (χ2v) is 5.75. The standard InChI is InChI=1S/C14H27N3O/c1-3-13(10-12-4-5-12)16-14(18)11(2)17-8-6-15-7-9-17/h11-13,15H,3-10H2,1-2H3,(H,16,18). The lowest BCUT2D eigenvalue weighted by Crippen LogP contribution is -2.54. The average molecular weight is 253 g/mol. The lowest BCUT2D eigenvalue weighted by atomic mass is 10.1. The van der Waals surface area contributed by atoms with E-state index < -0.39 is 0 Å². The van der Waals surface area contributed by atoms with E-state index in [-0.39, 0.29) is 11.9 Å². The molecule has 4 nitrogen and oxygen atoms in total. The third-order valence-corrected chi connectivity index (χ3v) is 4.23. The Morgan fingerprint density at radius 2 is 2.06 bits per heavy atom. The number of hydrogen-bond donors (Lipinski definition) is 2. The maximum Gasteiger partial charge on any atom is 0.237 e. The van der Waals surface area contributed by atoms with Gasteiger partial charge in [0.1, 0.15) is 0 Å². The predicted octanol–water partition coefficient (Wildman–Crippen LogP) is 0.975. The molecule has 2 aliphatic rings. The summed E-state index contributed by atoms with van der Waals surface area (Å²) in [7, 11) is 0. The average Bonchev–Trinajstić information content (AvgIpc) is 3.22. The zero-order chi connectivity index (χ0) is 13.0. The zero-order valence-electron chi connectivity index (χ0n) is 11.7. The van der Waals surface area contributed by atoms with E-state index in [4.69, 9.17) is 0 Å². The molecule has 1 aliphatic carbocycles. The normalized spacial score (nSPS) is 24.6. The first-order valence-electron chi connectivity index (χ1n) is 7.45. The van der Waals surface area contributed by atoms with Crippen molar-refractivity contribution in [2.75, 3.05) is 26.2 Å². The fourth-order valence-electron chi connectivity index (χ4n) is 2.64. The summed E-state index contributed by atoms with van der Waals surface area (Å²) in [5, 5.41) is 6.56. The second kappa shape index (κ2) is 6.53. The van der Waals surface area contributed by atoms with Gasteiger partial charge in [-0.3, -0.25) is 9.69 Å². The highest BCUT2D eigenvalue weighted by molar-refractivity contribution is 5.81. The van der Waals surface area contributed by atoms with Gasteiger partial charge in [0, 0.05) is 32.2 Å². The molecule has 104 valence electrons. The van der Waals surface area contributed by atoms with Crippen molar-refractivity contribution in [3.8, 4) is 0 Å². The summed E-state index contributed by atoms with van der Waals surface area (Å²) in [6.07, 6.45) is 4.95. The highest BCUT2D eigenvalue weighted by Gasteiger charge is 2.28. The molecule has 1 aliphatic heterocycles. The smallest absolute Gasteiger partial charge is 0.237 e. The van der Waals surface area contributed by atoms with Crippen LogP contribution in [-0.2, 0) is 4.79 Å². The highest BCUT2D eigenvalue weighted by atomic mass is 16.2. The molecule has 4 heteroatoms. The van der Waals surface area contributed by atoms with E-state index >= 15 is 0 Å². The van der Waals surface area contributed by atoms with E-state index in [9.17, 15) is 4.79 Å². The zero-order valence-corrected chi connectivity index (χ0v) is 11.7. The van der Waals surface area contributed by atoms with Gasteiger partial charge >= 0.3 is 0 Å². The molecule has 0 aromatic rings. The molecule has 1 heterocycles. The molecule has 2 rings (SSSR count). The van der Waals surface area contributed by atoms with Crippen molar-refractivity contribution in [3.63, 3.8) is 0 Å². The van der Waals surface area contributed by atoms with E-state index in [0.29, 0.717) is 6.04 Å². The largest absolute Gasteiger partial charge is 0.352 e. The number of hydrogen-bond acceptors (Lipinski definition) is 3. The van der Waals surface area contributed by atoms with Crippen molar-refractivity contribution >= 4 is 5.91 Å². The van der Waals surface area contributed by atoms with Crippen LogP contribution in [0.2, 0.25) is 0 Å². The van der Waals surface area contributed by atoms with Crippen molar-refractivity contribution in [1.82, 2.24) is 15.5 Å². The molecule has 1 amide bonds. The lowest BCUT2D eigenvalue weighted by molar-refractivity contribution is -0.126. The van der Waals surface area contributed by atoms with E-state index in [0.717, 1.165) is 38.5 Å². The van der Waals surface area contributed by atoms with Gasteiger partial charge in [0.2, 0.25) is 5.91 Å². The van der Waals surface area contributed by atoms with Crippen LogP contribution in [0.4, 0.5) is 0 Å². The van der Waals surface area contributed by atoms with Gasteiger partial charge in [-0.15, -0.1) is 0 Å². The molecule has 1 saturated heterocycles. The van der Waals surface area contributed by atoms with Crippen LogP contribution in [0.25, 0.3) is 0 Å². The summed E-state index contributed by atoms with van der Waals surface area (Å²) in [5.74, 6) is 1.09. The summed E-state index contributed by atoms with van der Waals surface area (Å²) < 4.78 is 0. The first kappa shape index (κ1) is 13.8. The van der Waals surface area contributed by atoms with Gasteiger partial charge in [-0.2, -0.15) is 0 Å². The molecule has 18 heavy (non-hydrogen) atoms. The maximum atomic E-state index is 12.2. The Hall–Kier alpha value is -0.610. The number of piperazine rings is 1. The fraction of sp³-hybridized carbons (Fsp3) is 0.929. The van der Waals surface area contributed by atoms with Crippen LogP contribution in [0.3, 0.4) is 0 Å². The molecule has 0 aromatic carbocycles. The molecular weight excluding hydrogens is 226 g/mol. The molecule has 0 aromatic heterocycles. The third kappa shape index (κ3) is 3.95. The Balaban J connectivity index is 1.77. The molecule has 2 unspecified atom stereocenters. The predicted molar refractivity (Wildman–Crippen MR) is 73.5 cm³/mol. The van der Waals surface area contributed by atoms with Crippen LogP contribution < -0.4 is 10.6 Å². The van der Waals surface area contributed by atoms with Gasteiger partial charge in [0.05, 0.1) is 6.04 Å². The summed E-state index contributed by atoms with van der Waals surface area (Å²) >= 11 is 0. The molecular formula is C14H27N3O. The summed E-state index contributed by atoms with van der Waals surface area (Å²) in [6, 6.07) is 0.399. The number of nitrogens with one attached hydrogen (secondary N) is 2.